The average molecular weight is 219 g/mol. The molecule has 1 heterocycles. The number of carboxylic acid groups (broad SMARTS) is 1. The Kier molecular flexibility index (Phi) is 2.64. The molecule has 0 aliphatic carbocycles. The molecule has 0 radical (unpaired) electrons. The van der Waals surface area contributed by atoms with Crippen LogP contribution in [0.2, 0.25) is 0 Å². The van der Waals surface area contributed by atoms with E-state index in [1.807, 2.05) is 30.3 Å². The van der Waals surface area contributed by atoms with E-state index in [1.165, 1.54) is 4.90 Å². The zero-order valence-corrected chi connectivity index (χ0v) is 8.96. The summed E-state index contributed by atoms with van der Waals surface area (Å²) >= 11 is 0. The number of rotatable bonds is 2. The largest absolute Gasteiger partial charge is 0.481 e. The Morgan fingerprint density at radius 3 is 2.56 bits per heavy atom. The SMILES string of the molecule is CN1C(=O)C[C@H](C(=O)O)[C@H]1c1ccccc1. The molecule has 2 rings (SSSR count). The minimum Gasteiger partial charge on any atom is -0.481 e. The Morgan fingerprint density at radius 2 is 2.00 bits per heavy atom. The van der Waals surface area contributed by atoms with E-state index in [4.69, 9.17) is 5.11 Å². The molecule has 1 N–H and O–H groups in total. The first kappa shape index (κ1) is 10.7. The van der Waals surface area contributed by atoms with E-state index in [-0.39, 0.29) is 18.4 Å². The molecular formula is C12H13NO3. The lowest BCUT2D eigenvalue weighted by molar-refractivity contribution is -0.142. The van der Waals surface area contributed by atoms with Crippen molar-refractivity contribution in [2.24, 2.45) is 5.92 Å². The number of nitrogens with zero attached hydrogens (tertiary/aromatic N) is 1. The van der Waals surface area contributed by atoms with Crippen molar-refractivity contribution < 1.29 is 14.7 Å². The second-order valence-electron chi connectivity index (χ2n) is 4.01. The maximum atomic E-state index is 11.5. The number of hydrogen-bond acceptors (Lipinski definition) is 2. The van der Waals surface area contributed by atoms with Gasteiger partial charge in [-0.3, -0.25) is 9.59 Å². The summed E-state index contributed by atoms with van der Waals surface area (Å²) in [6.07, 6.45) is 0.0887. The molecule has 1 aliphatic rings. The van der Waals surface area contributed by atoms with Gasteiger partial charge in [-0.15, -0.1) is 0 Å². The lowest BCUT2D eigenvalue weighted by Gasteiger charge is -2.23. The van der Waals surface area contributed by atoms with E-state index >= 15 is 0 Å². The van der Waals surface area contributed by atoms with Crippen LogP contribution in [0.1, 0.15) is 18.0 Å². The highest BCUT2D eigenvalue weighted by molar-refractivity contribution is 5.87. The summed E-state index contributed by atoms with van der Waals surface area (Å²) in [5.74, 6) is -1.66. The van der Waals surface area contributed by atoms with Crippen LogP contribution in [0, 0.1) is 5.92 Å². The van der Waals surface area contributed by atoms with Crippen LogP contribution in [0.3, 0.4) is 0 Å². The first-order valence-corrected chi connectivity index (χ1v) is 5.14. The standard InChI is InChI=1S/C12H13NO3/c1-13-10(14)7-9(12(15)16)11(13)8-5-3-2-4-6-8/h2-6,9,11H,7H2,1H3,(H,15,16)/t9-,11+/m0/s1. The second-order valence-corrected chi connectivity index (χ2v) is 4.01. The fraction of sp³-hybridized carbons (Fsp3) is 0.333. The summed E-state index contributed by atoms with van der Waals surface area (Å²) in [6, 6.07) is 8.95. The highest BCUT2D eigenvalue weighted by atomic mass is 16.4. The van der Waals surface area contributed by atoms with Crippen LogP contribution in [0.15, 0.2) is 30.3 Å². The fourth-order valence-corrected chi connectivity index (χ4v) is 2.20. The van der Waals surface area contributed by atoms with Gasteiger partial charge in [0.1, 0.15) is 0 Å². The Balaban J connectivity index is 2.37. The Bertz CT molecular complexity index is 416. The van der Waals surface area contributed by atoms with Crippen molar-refractivity contribution in [2.75, 3.05) is 7.05 Å². The van der Waals surface area contributed by atoms with Gasteiger partial charge < -0.3 is 10.0 Å². The number of carbonyl (C=O) groups is 2. The normalized spacial score (nSPS) is 24.8. The fourth-order valence-electron chi connectivity index (χ4n) is 2.20. The molecule has 0 aromatic heterocycles. The van der Waals surface area contributed by atoms with Gasteiger partial charge in [0.05, 0.1) is 12.0 Å². The number of amides is 1. The van der Waals surface area contributed by atoms with Gasteiger partial charge in [0, 0.05) is 13.5 Å². The molecule has 1 fully saturated rings. The summed E-state index contributed by atoms with van der Waals surface area (Å²) in [5, 5.41) is 9.10. The zero-order chi connectivity index (χ0) is 11.7. The predicted octanol–water partition coefficient (Wildman–Crippen LogP) is 1.29. The molecule has 16 heavy (non-hydrogen) atoms. The molecule has 4 heteroatoms. The van der Waals surface area contributed by atoms with E-state index in [0.717, 1.165) is 5.56 Å². The smallest absolute Gasteiger partial charge is 0.309 e. The molecule has 0 spiro atoms. The number of benzene rings is 1. The van der Waals surface area contributed by atoms with Gasteiger partial charge in [-0.05, 0) is 5.56 Å². The van der Waals surface area contributed by atoms with E-state index in [0.29, 0.717) is 0 Å². The molecule has 0 saturated carbocycles. The van der Waals surface area contributed by atoms with Crippen LogP contribution in [0.25, 0.3) is 0 Å². The first-order chi connectivity index (χ1) is 7.61. The van der Waals surface area contributed by atoms with Gasteiger partial charge in [-0.2, -0.15) is 0 Å². The van der Waals surface area contributed by atoms with Crippen molar-refractivity contribution in [1.82, 2.24) is 4.90 Å². The average Bonchev–Trinajstić information content (AvgIpc) is 2.57. The van der Waals surface area contributed by atoms with E-state index in [1.54, 1.807) is 7.05 Å². The number of hydrogen-bond donors (Lipinski definition) is 1. The van der Waals surface area contributed by atoms with Gasteiger partial charge in [-0.1, -0.05) is 30.3 Å². The Morgan fingerprint density at radius 1 is 1.38 bits per heavy atom. The molecular weight excluding hydrogens is 206 g/mol. The lowest BCUT2D eigenvalue weighted by Crippen LogP contribution is -2.26. The van der Waals surface area contributed by atoms with Crippen molar-refractivity contribution in [3.63, 3.8) is 0 Å². The predicted molar refractivity (Wildman–Crippen MR) is 57.7 cm³/mol. The molecule has 0 unspecified atom stereocenters. The minimum atomic E-state index is -0.911. The van der Waals surface area contributed by atoms with Gasteiger partial charge in [0.2, 0.25) is 5.91 Å². The quantitative estimate of drug-likeness (QED) is 0.815. The molecule has 4 nitrogen and oxygen atoms in total. The van der Waals surface area contributed by atoms with Crippen molar-refractivity contribution in [3.8, 4) is 0 Å². The van der Waals surface area contributed by atoms with Gasteiger partial charge in [0.15, 0.2) is 0 Å². The van der Waals surface area contributed by atoms with Crippen LogP contribution in [0.5, 0.6) is 0 Å². The third-order valence-corrected chi connectivity index (χ3v) is 3.04. The highest BCUT2D eigenvalue weighted by Crippen LogP contribution is 2.36. The number of carbonyl (C=O) groups excluding carboxylic acids is 1. The molecule has 1 aliphatic heterocycles. The van der Waals surface area contributed by atoms with E-state index in [2.05, 4.69) is 0 Å². The summed E-state index contributed by atoms with van der Waals surface area (Å²) in [6.45, 7) is 0. The minimum absolute atomic E-state index is 0.0887. The number of aliphatic carboxylic acids is 1. The monoisotopic (exact) mass is 219 g/mol. The van der Waals surface area contributed by atoms with E-state index in [9.17, 15) is 9.59 Å². The van der Waals surface area contributed by atoms with Gasteiger partial charge >= 0.3 is 5.97 Å². The zero-order valence-electron chi connectivity index (χ0n) is 8.96. The van der Waals surface area contributed by atoms with Crippen LogP contribution >= 0.6 is 0 Å². The molecule has 1 saturated heterocycles. The first-order valence-electron chi connectivity index (χ1n) is 5.14. The molecule has 1 aromatic rings. The third-order valence-electron chi connectivity index (χ3n) is 3.04. The van der Waals surface area contributed by atoms with Crippen molar-refractivity contribution in [1.29, 1.82) is 0 Å². The maximum Gasteiger partial charge on any atom is 0.309 e. The van der Waals surface area contributed by atoms with Crippen molar-refractivity contribution in [2.45, 2.75) is 12.5 Å². The summed E-state index contributed by atoms with van der Waals surface area (Å²) < 4.78 is 0. The van der Waals surface area contributed by atoms with Crippen molar-refractivity contribution in [3.05, 3.63) is 35.9 Å². The van der Waals surface area contributed by atoms with Gasteiger partial charge in [-0.25, -0.2) is 0 Å². The topological polar surface area (TPSA) is 57.6 Å². The van der Waals surface area contributed by atoms with E-state index < -0.39 is 11.9 Å². The molecule has 0 bridgehead atoms. The summed E-state index contributed by atoms with van der Waals surface area (Å²) in [5.41, 5.74) is 0.878. The maximum absolute atomic E-state index is 11.5. The van der Waals surface area contributed by atoms with Crippen LogP contribution in [-0.4, -0.2) is 28.9 Å². The van der Waals surface area contributed by atoms with Gasteiger partial charge in [0.25, 0.3) is 0 Å². The number of carboxylic acids is 1. The molecule has 84 valence electrons. The van der Waals surface area contributed by atoms with Crippen LogP contribution in [0.4, 0.5) is 0 Å². The summed E-state index contributed by atoms with van der Waals surface area (Å²) in [4.78, 5) is 24.2. The Labute approximate surface area is 93.5 Å². The van der Waals surface area contributed by atoms with Crippen molar-refractivity contribution >= 4 is 11.9 Å². The molecule has 1 amide bonds. The lowest BCUT2D eigenvalue weighted by atomic mass is 9.94. The summed E-state index contributed by atoms with van der Waals surface area (Å²) in [7, 11) is 1.66. The van der Waals surface area contributed by atoms with Crippen LogP contribution in [-0.2, 0) is 9.59 Å². The Hall–Kier alpha value is -1.84. The van der Waals surface area contributed by atoms with Crippen LogP contribution < -0.4 is 0 Å². The molecule has 1 aromatic carbocycles. The number of likely N-dealkylation sites (tertiary alicyclic amines) is 1. The highest BCUT2D eigenvalue weighted by Gasteiger charge is 2.42. The third kappa shape index (κ3) is 1.66. The second kappa shape index (κ2) is 3.96. The molecule has 2 atom stereocenters.